The van der Waals surface area contributed by atoms with Crippen molar-refractivity contribution in [1.82, 2.24) is 9.47 Å². The summed E-state index contributed by atoms with van der Waals surface area (Å²) in [5.41, 5.74) is 5.53. The highest BCUT2D eigenvalue weighted by atomic mass is 16.5. The van der Waals surface area contributed by atoms with Gasteiger partial charge in [0.25, 0.3) is 0 Å². The van der Waals surface area contributed by atoms with Gasteiger partial charge in [-0.3, -0.25) is 4.90 Å². The molecule has 1 saturated heterocycles. The predicted octanol–water partition coefficient (Wildman–Crippen LogP) is 5.19. The molecule has 1 fully saturated rings. The first kappa shape index (κ1) is 21.5. The van der Waals surface area contributed by atoms with E-state index < -0.39 is 0 Å². The van der Waals surface area contributed by atoms with Crippen LogP contribution in [0.25, 0.3) is 10.9 Å². The smallest absolute Gasteiger partial charge is 0.120 e. The molecule has 0 atom stereocenters. The molecule has 0 radical (unpaired) electrons. The predicted molar refractivity (Wildman–Crippen MR) is 130 cm³/mol. The van der Waals surface area contributed by atoms with E-state index in [0.29, 0.717) is 5.92 Å². The summed E-state index contributed by atoms with van der Waals surface area (Å²) in [5.74, 6) is 1.67. The molecule has 0 spiro atoms. The Bertz CT molecular complexity index is 1040. The molecule has 0 bridgehead atoms. The normalized spacial score (nSPS) is 18.0. The number of fused-ring (bicyclic) bond motifs is 2. The van der Waals surface area contributed by atoms with E-state index in [0.717, 1.165) is 57.6 Å². The summed E-state index contributed by atoms with van der Waals surface area (Å²) in [4.78, 5) is 2.48. The van der Waals surface area contributed by atoms with E-state index in [-0.39, 0.29) is 12.2 Å². The first-order chi connectivity index (χ1) is 15.5. The molecule has 3 aromatic rings. The lowest BCUT2D eigenvalue weighted by Crippen LogP contribution is -2.35. The van der Waals surface area contributed by atoms with Crippen LogP contribution in [0, 0.1) is 5.92 Å². The van der Waals surface area contributed by atoms with Crippen molar-refractivity contribution >= 4 is 10.9 Å². The number of hydrogen-bond acceptors (Lipinski definition) is 3. The summed E-state index contributed by atoms with van der Waals surface area (Å²) in [5, 5.41) is 11.2. The van der Waals surface area contributed by atoms with Crippen LogP contribution in [0.5, 0.6) is 5.75 Å². The third kappa shape index (κ3) is 4.72. The molecule has 4 heteroatoms. The van der Waals surface area contributed by atoms with Gasteiger partial charge in [-0.1, -0.05) is 38.1 Å². The second kappa shape index (κ2) is 9.29. The van der Waals surface area contributed by atoms with Crippen LogP contribution in [0.3, 0.4) is 0 Å². The molecule has 1 N–H and O–H groups in total. The number of aliphatic hydroxyl groups excluding tert-OH is 1. The van der Waals surface area contributed by atoms with Crippen molar-refractivity contribution in [1.29, 1.82) is 0 Å². The number of piperidine rings is 1. The Morgan fingerprint density at radius 3 is 2.44 bits per heavy atom. The van der Waals surface area contributed by atoms with Gasteiger partial charge in [0.2, 0.25) is 0 Å². The molecule has 2 aromatic carbocycles. The molecule has 0 amide bonds. The quantitative estimate of drug-likeness (QED) is 0.558. The third-order valence-electron chi connectivity index (χ3n) is 7.15. The van der Waals surface area contributed by atoms with E-state index >= 15 is 0 Å². The zero-order valence-corrected chi connectivity index (χ0v) is 19.5. The fourth-order valence-electron chi connectivity index (χ4n) is 5.24. The lowest BCUT2D eigenvalue weighted by atomic mass is 10.1. The number of ether oxygens (including phenoxy) is 1. The molecular weight excluding hydrogens is 396 g/mol. The van der Waals surface area contributed by atoms with Crippen LogP contribution in [-0.4, -0.2) is 39.9 Å². The molecule has 2 aliphatic rings. The third-order valence-corrected chi connectivity index (χ3v) is 7.15. The van der Waals surface area contributed by atoms with Crippen molar-refractivity contribution < 1.29 is 9.84 Å². The van der Waals surface area contributed by atoms with E-state index in [4.69, 9.17) is 4.74 Å². The Hall–Kier alpha value is -2.30. The van der Waals surface area contributed by atoms with E-state index in [2.05, 4.69) is 72.0 Å². The van der Waals surface area contributed by atoms with Gasteiger partial charge >= 0.3 is 0 Å². The Balaban J connectivity index is 1.38. The number of nitrogens with zero attached hydrogens (tertiary/aromatic N) is 2. The number of aryl methyl sites for hydroxylation is 1. The van der Waals surface area contributed by atoms with Crippen molar-refractivity contribution in [2.45, 2.75) is 71.2 Å². The minimum absolute atomic E-state index is 0.130. The molecule has 32 heavy (non-hydrogen) atoms. The zero-order chi connectivity index (χ0) is 22.1. The summed E-state index contributed by atoms with van der Waals surface area (Å²) in [6.45, 7) is 8.50. The van der Waals surface area contributed by atoms with Crippen LogP contribution in [0.1, 0.15) is 49.8 Å². The molecule has 5 rings (SSSR count). The maximum Gasteiger partial charge on any atom is 0.120 e. The van der Waals surface area contributed by atoms with Gasteiger partial charge < -0.3 is 14.4 Å². The molecule has 4 nitrogen and oxygen atoms in total. The molecule has 170 valence electrons. The van der Waals surface area contributed by atoms with Crippen molar-refractivity contribution in [3.8, 4) is 5.75 Å². The molecule has 1 aromatic heterocycles. The highest BCUT2D eigenvalue weighted by Gasteiger charge is 2.23. The molecule has 0 unspecified atom stereocenters. The first-order valence-electron chi connectivity index (χ1n) is 12.3. The van der Waals surface area contributed by atoms with Crippen LogP contribution in [0.4, 0.5) is 0 Å². The van der Waals surface area contributed by atoms with Crippen molar-refractivity contribution in [2.75, 3.05) is 13.1 Å². The molecule has 2 heterocycles. The number of aliphatic hydroxyl groups is 1. The molecule has 0 saturated carbocycles. The molecule has 1 aliphatic carbocycles. The van der Waals surface area contributed by atoms with Crippen molar-refractivity contribution in [2.24, 2.45) is 5.92 Å². The van der Waals surface area contributed by atoms with Gasteiger partial charge in [0.15, 0.2) is 0 Å². The van der Waals surface area contributed by atoms with Gasteiger partial charge in [0, 0.05) is 56.1 Å². The number of hydrogen-bond donors (Lipinski definition) is 1. The Kier molecular flexibility index (Phi) is 6.25. The second-order valence-corrected chi connectivity index (χ2v) is 10.1. The highest BCUT2D eigenvalue weighted by Crippen LogP contribution is 2.31. The van der Waals surface area contributed by atoms with Crippen molar-refractivity contribution in [3.63, 3.8) is 0 Å². The first-order valence-corrected chi connectivity index (χ1v) is 12.3. The fraction of sp³-hybridized carbons (Fsp3) is 0.500. The van der Waals surface area contributed by atoms with Crippen LogP contribution in [0.15, 0.2) is 48.7 Å². The summed E-state index contributed by atoms with van der Waals surface area (Å²) < 4.78 is 8.91. The number of aromatic nitrogens is 1. The minimum atomic E-state index is -0.130. The second-order valence-electron chi connectivity index (χ2n) is 10.1. The molecule has 1 aliphatic heterocycles. The van der Waals surface area contributed by atoms with Gasteiger partial charge in [0.1, 0.15) is 11.9 Å². The van der Waals surface area contributed by atoms with Gasteiger partial charge in [-0.2, -0.15) is 0 Å². The monoisotopic (exact) mass is 432 g/mol. The van der Waals surface area contributed by atoms with Gasteiger partial charge in [-0.05, 0) is 60.1 Å². The number of likely N-dealkylation sites (tertiary alicyclic amines) is 1. The zero-order valence-electron chi connectivity index (χ0n) is 19.5. The van der Waals surface area contributed by atoms with Crippen molar-refractivity contribution in [3.05, 3.63) is 65.4 Å². The Morgan fingerprint density at radius 1 is 1.03 bits per heavy atom. The maximum atomic E-state index is 9.88. The van der Waals surface area contributed by atoms with Crippen LogP contribution >= 0.6 is 0 Å². The highest BCUT2D eigenvalue weighted by molar-refractivity contribution is 5.85. The average molecular weight is 433 g/mol. The van der Waals surface area contributed by atoms with Crippen LogP contribution in [0.2, 0.25) is 0 Å². The maximum absolute atomic E-state index is 9.88. The Labute approximate surface area is 191 Å². The lowest BCUT2D eigenvalue weighted by Gasteiger charge is -2.29. The van der Waals surface area contributed by atoms with Crippen LogP contribution in [-0.2, 0) is 25.9 Å². The van der Waals surface area contributed by atoms with E-state index in [1.54, 1.807) is 0 Å². The summed E-state index contributed by atoms with van der Waals surface area (Å²) >= 11 is 0. The average Bonchev–Trinajstić information content (AvgIpc) is 3.34. The summed E-state index contributed by atoms with van der Waals surface area (Å²) in [7, 11) is 0. The minimum Gasteiger partial charge on any atom is -0.490 e. The van der Waals surface area contributed by atoms with Gasteiger partial charge in [-0.25, -0.2) is 0 Å². The Morgan fingerprint density at radius 2 is 1.75 bits per heavy atom. The summed E-state index contributed by atoms with van der Waals surface area (Å²) in [6, 6.07) is 15.4. The largest absolute Gasteiger partial charge is 0.490 e. The van der Waals surface area contributed by atoms with E-state index in [9.17, 15) is 5.11 Å². The molecular formula is C28H36N2O2. The van der Waals surface area contributed by atoms with Gasteiger partial charge in [-0.15, -0.1) is 0 Å². The van der Waals surface area contributed by atoms with Crippen LogP contribution < -0.4 is 4.74 Å². The number of benzene rings is 2. The fourth-order valence-corrected chi connectivity index (χ4v) is 5.24. The van der Waals surface area contributed by atoms with Gasteiger partial charge in [0.05, 0.1) is 6.10 Å². The lowest BCUT2D eigenvalue weighted by molar-refractivity contribution is 0.0794. The summed E-state index contributed by atoms with van der Waals surface area (Å²) in [6.07, 6.45) is 7.36. The van der Waals surface area contributed by atoms with E-state index in [1.807, 2.05) is 0 Å². The standard InChI is InChI=1S/C28H36N2O2/c1-20(2)9-14-30-19-23(18-29-12-10-24(31)11-13-29)27-17-25(7-8-28(27)30)32-26-15-21-5-3-4-6-22(21)16-26/h3-8,17,19-20,24,26,31H,9-16,18H2,1-2H3. The topological polar surface area (TPSA) is 37.6 Å². The SMILES string of the molecule is CC(C)CCn1cc(CN2CCC(O)CC2)c2cc(OC3Cc4ccccc4C3)ccc21. The van der Waals surface area contributed by atoms with E-state index in [1.165, 1.54) is 34.0 Å². The number of rotatable bonds is 7.